The normalized spacial score (nSPS) is 9.85. The van der Waals surface area contributed by atoms with Gasteiger partial charge in [0, 0.05) is 14.1 Å². The SMILES string of the molecule is COC(=O)c1oc(N(C)C)c(C(=O)OC)c1C(=O)OC. The highest BCUT2D eigenvalue weighted by Gasteiger charge is 2.35. The Morgan fingerprint density at radius 3 is 1.70 bits per heavy atom. The zero-order valence-electron chi connectivity index (χ0n) is 11.8. The third kappa shape index (κ3) is 2.58. The molecule has 8 nitrogen and oxygen atoms in total. The average Bonchev–Trinajstić information content (AvgIpc) is 2.85. The van der Waals surface area contributed by atoms with Gasteiger partial charge in [0.2, 0.25) is 11.6 Å². The number of ether oxygens (including phenoxy) is 3. The first-order valence-corrected chi connectivity index (χ1v) is 5.48. The number of esters is 3. The van der Waals surface area contributed by atoms with Gasteiger partial charge in [-0.3, -0.25) is 0 Å². The Kier molecular flexibility index (Phi) is 4.73. The van der Waals surface area contributed by atoms with Gasteiger partial charge < -0.3 is 23.5 Å². The fraction of sp³-hybridized carbons (Fsp3) is 0.417. The molecule has 0 aliphatic rings. The van der Waals surface area contributed by atoms with Crippen molar-refractivity contribution in [1.29, 1.82) is 0 Å². The van der Waals surface area contributed by atoms with Crippen molar-refractivity contribution in [2.75, 3.05) is 40.3 Å². The molecule has 8 heteroatoms. The minimum atomic E-state index is -0.900. The molecule has 1 rings (SSSR count). The molecule has 0 spiro atoms. The van der Waals surface area contributed by atoms with E-state index in [1.165, 1.54) is 4.90 Å². The third-order valence-electron chi connectivity index (χ3n) is 2.45. The highest BCUT2D eigenvalue weighted by atomic mass is 16.5. The minimum Gasteiger partial charge on any atom is -0.465 e. The van der Waals surface area contributed by atoms with Crippen LogP contribution in [0, 0.1) is 0 Å². The molecule has 0 bridgehead atoms. The topological polar surface area (TPSA) is 95.3 Å². The summed E-state index contributed by atoms with van der Waals surface area (Å²) < 4.78 is 18.9. The van der Waals surface area contributed by atoms with Crippen LogP contribution in [-0.4, -0.2) is 53.3 Å². The molecule has 0 saturated heterocycles. The standard InChI is InChI=1S/C12H15NO7/c1-13(2)9-7(11(15)18-4)6(10(14)17-3)8(20-9)12(16)19-5/h1-5H3. The van der Waals surface area contributed by atoms with Crippen molar-refractivity contribution in [2.45, 2.75) is 0 Å². The van der Waals surface area contributed by atoms with E-state index in [1.807, 2.05) is 0 Å². The summed E-state index contributed by atoms with van der Waals surface area (Å²) in [7, 11) is 6.54. The quantitative estimate of drug-likeness (QED) is 0.589. The zero-order chi connectivity index (χ0) is 15.4. The lowest BCUT2D eigenvalue weighted by Gasteiger charge is -2.10. The molecule has 1 aromatic heterocycles. The second-order valence-corrected chi connectivity index (χ2v) is 3.86. The van der Waals surface area contributed by atoms with E-state index in [9.17, 15) is 14.4 Å². The number of anilines is 1. The lowest BCUT2D eigenvalue weighted by Crippen LogP contribution is -2.17. The summed E-state index contributed by atoms with van der Waals surface area (Å²) in [4.78, 5) is 36.7. The summed E-state index contributed by atoms with van der Waals surface area (Å²) in [5.41, 5.74) is -0.514. The van der Waals surface area contributed by atoms with Crippen LogP contribution in [0.4, 0.5) is 5.88 Å². The predicted molar refractivity (Wildman–Crippen MR) is 67.1 cm³/mol. The van der Waals surface area contributed by atoms with Crippen molar-refractivity contribution >= 4 is 23.8 Å². The van der Waals surface area contributed by atoms with Crippen molar-refractivity contribution in [3.63, 3.8) is 0 Å². The molecule has 0 amide bonds. The molecule has 0 atom stereocenters. The zero-order valence-corrected chi connectivity index (χ0v) is 11.8. The molecule has 110 valence electrons. The number of hydrogen-bond acceptors (Lipinski definition) is 8. The molecule has 0 aliphatic heterocycles. The van der Waals surface area contributed by atoms with Crippen molar-refractivity contribution < 1.29 is 33.0 Å². The Morgan fingerprint density at radius 2 is 1.30 bits per heavy atom. The van der Waals surface area contributed by atoms with Gasteiger partial charge in [-0.15, -0.1) is 0 Å². The van der Waals surface area contributed by atoms with Gasteiger partial charge in [-0.05, 0) is 0 Å². The summed E-state index contributed by atoms with van der Waals surface area (Å²) >= 11 is 0. The molecule has 1 heterocycles. The molecule has 0 N–H and O–H groups in total. The predicted octanol–water partition coefficient (Wildman–Crippen LogP) is 0.705. The van der Waals surface area contributed by atoms with Crippen molar-refractivity contribution in [3.8, 4) is 0 Å². The van der Waals surface area contributed by atoms with Gasteiger partial charge in [0.25, 0.3) is 0 Å². The molecule has 0 aliphatic carbocycles. The molecule has 20 heavy (non-hydrogen) atoms. The van der Waals surface area contributed by atoms with Crippen LogP contribution >= 0.6 is 0 Å². The van der Waals surface area contributed by atoms with Crippen LogP contribution in [0.15, 0.2) is 4.42 Å². The summed E-state index contributed by atoms with van der Waals surface area (Å²) in [6.45, 7) is 0. The van der Waals surface area contributed by atoms with E-state index >= 15 is 0 Å². The highest BCUT2D eigenvalue weighted by Crippen LogP contribution is 2.31. The second kappa shape index (κ2) is 6.09. The Bertz CT molecular complexity index is 544. The fourth-order valence-corrected chi connectivity index (χ4v) is 1.56. The number of carbonyl (C=O) groups excluding carboxylic acids is 3. The minimum absolute atomic E-state index is 0.00218. The van der Waals surface area contributed by atoms with E-state index in [1.54, 1.807) is 14.1 Å². The van der Waals surface area contributed by atoms with Gasteiger partial charge in [0.15, 0.2) is 0 Å². The van der Waals surface area contributed by atoms with Crippen LogP contribution in [0.25, 0.3) is 0 Å². The van der Waals surface area contributed by atoms with E-state index in [-0.39, 0.29) is 17.0 Å². The molecule has 0 aromatic carbocycles. The van der Waals surface area contributed by atoms with Crippen LogP contribution in [0.5, 0.6) is 0 Å². The second-order valence-electron chi connectivity index (χ2n) is 3.86. The van der Waals surface area contributed by atoms with E-state index in [2.05, 4.69) is 14.2 Å². The van der Waals surface area contributed by atoms with Crippen LogP contribution in [0.1, 0.15) is 31.3 Å². The number of hydrogen-bond donors (Lipinski definition) is 0. The first kappa shape index (κ1) is 15.5. The van der Waals surface area contributed by atoms with Crippen LogP contribution in [0.2, 0.25) is 0 Å². The van der Waals surface area contributed by atoms with E-state index < -0.39 is 23.7 Å². The highest BCUT2D eigenvalue weighted by molar-refractivity contribution is 6.12. The van der Waals surface area contributed by atoms with Gasteiger partial charge >= 0.3 is 17.9 Å². The van der Waals surface area contributed by atoms with E-state index in [4.69, 9.17) is 4.42 Å². The molecule has 0 radical (unpaired) electrons. The van der Waals surface area contributed by atoms with Gasteiger partial charge in [-0.2, -0.15) is 0 Å². The van der Waals surface area contributed by atoms with Crippen LogP contribution < -0.4 is 4.90 Å². The molecular weight excluding hydrogens is 270 g/mol. The maximum atomic E-state index is 11.8. The average molecular weight is 285 g/mol. The molecule has 0 fully saturated rings. The Labute approximate surface area is 115 Å². The monoisotopic (exact) mass is 285 g/mol. The van der Waals surface area contributed by atoms with E-state index in [0.29, 0.717) is 0 Å². The van der Waals surface area contributed by atoms with Crippen LogP contribution in [0.3, 0.4) is 0 Å². The van der Waals surface area contributed by atoms with Gasteiger partial charge in [-0.25, -0.2) is 14.4 Å². The van der Waals surface area contributed by atoms with Crippen molar-refractivity contribution in [1.82, 2.24) is 0 Å². The molecule has 0 saturated carbocycles. The number of rotatable bonds is 4. The van der Waals surface area contributed by atoms with Gasteiger partial charge in [0.1, 0.15) is 11.1 Å². The first-order valence-electron chi connectivity index (χ1n) is 5.48. The largest absolute Gasteiger partial charge is 0.465 e. The Morgan fingerprint density at radius 1 is 0.850 bits per heavy atom. The Balaban J connectivity index is 3.66. The summed E-state index contributed by atoms with van der Waals surface area (Å²) in [5, 5.41) is 0. The van der Waals surface area contributed by atoms with Crippen LogP contribution in [-0.2, 0) is 14.2 Å². The fourth-order valence-electron chi connectivity index (χ4n) is 1.56. The summed E-state index contributed by atoms with van der Waals surface area (Å²) in [5.74, 6) is -3.04. The smallest absolute Gasteiger partial charge is 0.375 e. The first-order chi connectivity index (χ1) is 9.38. The summed E-state index contributed by atoms with van der Waals surface area (Å²) in [6, 6.07) is 0. The van der Waals surface area contributed by atoms with E-state index in [0.717, 1.165) is 21.3 Å². The third-order valence-corrected chi connectivity index (χ3v) is 2.45. The van der Waals surface area contributed by atoms with Gasteiger partial charge in [-0.1, -0.05) is 0 Å². The van der Waals surface area contributed by atoms with Crippen molar-refractivity contribution in [3.05, 3.63) is 16.9 Å². The number of nitrogens with zero attached hydrogens (tertiary/aromatic N) is 1. The van der Waals surface area contributed by atoms with Crippen molar-refractivity contribution in [2.24, 2.45) is 0 Å². The lowest BCUT2D eigenvalue weighted by molar-refractivity contribution is 0.0523. The number of carbonyl (C=O) groups is 3. The Hall–Kier alpha value is -2.51. The lowest BCUT2D eigenvalue weighted by atomic mass is 10.1. The molecule has 1 aromatic rings. The molecule has 0 unspecified atom stereocenters. The van der Waals surface area contributed by atoms with Gasteiger partial charge in [0.05, 0.1) is 21.3 Å². The molecular formula is C12H15NO7. The summed E-state index contributed by atoms with van der Waals surface area (Å²) in [6.07, 6.45) is 0. The number of furan rings is 1. The maximum Gasteiger partial charge on any atom is 0.375 e. The maximum absolute atomic E-state index is 11.8. The number of methoxy groups -OCH3 is 3.